The fraction of sp³-hybridized carbons (Fsp3) is 1.00. The molecule has 0 aromatic rings. The molecule has 5 heteroatoms. The highest BCUT2D eigenvalue weighted by molar-refractivity contribution is 4.75. The Morgan fingerprint density at radius 2 is 2.33 bits per heavy atom. The van der Waals surface area contributed by atoms with E-state index in [0.29, 0.717) is 5.06 Å². The molecule has 1 rings (SSSR count). The normalized spacial score (nSPS) is 37.7. The molecule has 0 aliphatic carbocycles. The minimum atomic E-state index is -1.58. The van der Waals surface area contributed by atoms with Crippen molar-refractivity contribution in [3.8, 4) is 0 Å². The van der Waals surface area contributed by atoms with Crippen LogP contribution in [0.3, 0.4) is 0 Å². The van der Waals surface area contributed by atoms with E-state index in [1.54, 1.807) is 0 Å². The number of ether oxygens (including phenoxy) is 1. The topological polar surface area (TPSA) is 73.2 Å². The van der Waals surface area contributed by atoms with Crippen molar-refractivity contribution < 1.29 is 20.2 Å². The predicted molar refractivity (Wildman–Crippen MR) is 26.5 cm³/mol. The van der Waals surface area contributed by atoms with Gasteiger partial charge in [0.25, 0.3) is 0 Å². The van der Waals surface area contributed by atoms with Crippen LogP contribution in [-0.4, -0.2) is 46.2 Å². The van der Waals surface area contributed by atoms with E-state index < -0.39 is 12.3 Å². The molecule has 9 heavy (non-hydrogen) atoms. The van der Waals surface area contributed by atoms with E-state index >= 15 is 0 Å². The van der Waals surface area contributed by atoms with Gasteiger partial charge in [-0.15, -0.1) is 5.06 Å². The van der Waals surface area contributed by atoms with Crippen LogP contribution in [0.15, 0.2) is 0 Å². The zero-order chi connectivity index (χ0) is 6.91. The van der Waals surface area contributed by atoms with Gasteiger partial charge in [0, 0.05) is 0 Å². The largest absolute Gasteiger partial charge is 0.392 e. The Bertz CT molecular complexity index is 109. The van der Waals surface area contributed by atoms with Crippen LogP contribution in [0.5, 0.6) is 0 Å². The van der Waals surface area contributed by atoms with E-state index in [9.17, 15) is 0 Å². The van der Waals surface area contributed by atoms with E-state index in [0.717, 1.165) is 0 Å². The molecule has 0 amide bonds. The summed E-state index contributed by atoms with van der Waals surface area (Å²) in [5, 5.41) is 26.8. The Hall–Kier alpha value is -0.200. The summed E-state index contributed by atoms with van der Waals surface area (Å²) in [6.07, 6.45) is 0. The Kier molecular flexibility index (Phi) is 1.69. The molecule has 1 aliphatic rings. The van der Waals surface area contributed by atoms with Crippen LogP contribution >= 0.6 is 0 Å². The number of nitrogens with zero attached hydrogens (tertiary/aromatic N) is 1. The Balaban J connectivity index is 2.56. The Morgan fingerprint density at radius 3 is 2.56 bits per heavy atom. The molecular weight excluding hydrogens is 126 g/mol. The first kappa shape index (κ1) is 6.91. The van der Waals surface area contributed by atoms with Crippen molar-refractivity contribution in [3.63, 3.8) is 0 Å². The van der Waals surface area contributed by atoms with Gasteiger partial charge in [-0.25, -0.2) is 0 Å². The van der Waals surface area contributed by atoms with Crippen LogP contribution in [0, 0.1) is 0 Å². The van der Waals surface area contributed by atoms with E-state index in [1.165, 1.54) is 0 Å². The van der Waals surface area contributed by atoms with Crippen molar-refractivity contribution in [3.05, 3.63) is 0 Å². The summed E-state index contributed by atoms with van der Waals surface area (Å²) >= 11 is 0. The monoisotopic (exact) mass is 135 g/mol. The highest BCUT2D eigenvalue weighted by atomic mass is 16.6. The molecule has 1 fully saturated rings. The van der Waals surface area contributed by atoms with Gasteiger partial charge in [-0.2, -0.15) is 0 Å². The van der Waals surface area contributed by atoms with E-state index in [2.05, 4.69) is 4.74 Å². The van der Waals surface area contributed by atoms with Crippen LogP contribution in [0.25, 0.3) is 0 Å². The van der Waals surface area contributed by atoms with Crippen LogP contribution in [-0.2, 0) is 4.74 Å². The number of hydroxylamine groups is 2. The summed E-state index contributed by atoms with van der Waals surface area (Å²) in [6, 6.07) is 0. The summed E-state index contributed by atoms with van der Waals surface area (Å²) in [5.74, 6) is 0. The van der Waals surface area contributed by atoms with Gasteiger partial charge in [0.15, 0.2) is 5.72 Å². The first-order chi connectivity index (χ1) is 4.19. The van der Waals surface area contributed by atoms with E-state index in [-0.39, 0.29) is 13.3 Å². The molecule has 1 aliphatic heterocycles. The number of hydrogen-bond donors (Lipinski definition) is 3. The maximum Gasteiger partial charge on any atom is 0.189 e. The quantitative estimate of drug-likeness (QED) is 0.401. The third-order valence-corrected chi connectivity index (χ3v) is 1.28. The molecule has 1 saturated heterocycles. The molecular formula is C4H9NO4. The van der Waals surface area contributed by atoms with Gasteiger partial charge in [0.05, 0.1) is 13.2 Å². The number of aliphatic hydroxyl groups excluding tert-OH is 1. The highest BCUT2D eigenvalue weighted by Crippen LogP contribution is 2.15. The highest BCUT2D eigenvalue weighted by Gasteiger charge is 2.38. The molecule has 54 valence electrons. The first-order valence-corrected chi connectivity index (χ1v) is 2.56. The van der Waals surface area contributed by atoms with Gasteiger partial charge in [0.1, 0.15) is 6.73 Å². The van der Waals surface area contributed by atoms with Gasteiger partial charge in [-0.3, -0.25) is 0 Å². The van der Waals surface area contributed by atoms with Crippen molar-refractivity contribution in [2.75, 3.05) is 19.9 Å². The number of hydrogen-bond acceptors (Lipinski definition) is 5. The molecule has 0 spiro atoms. The first-order valence-electron chi connectivity index (χ1n) is 2.56. The van der Waals surface area contributed by atoms with Gasteiger partial charge in [-0.05, 0) is 0 Å². The summed E-state index contributed by atoms with van der Waals surface area (Å²) < 4.78 is 4.63. The van der Waals surface area contributed by atoms with Gasteiger partial charge in [-0.1, -0.05) is 0 Å². The van der Waals surface area contributed by atoms with Crippen molar-refractivity contribution >= 4 is 0 Å². The van der Waals surface area contributed by atoms with Gasteiger partial charge in [0.2, 0.25) is 0 Å². The molecule has 3 N–H and O–H groups in total. The minimum Gasteiger partial charge on any atom is -0.392 e. The second-order valence-corrected chi connectivity index (χ2v) is 2.02. The molecule has 0 aromatic heterocycles. The fourth-order valence-electron chi connectivity index (χ4n) is 0.617. The maximum absolute atomic E-state index is 9.07. The second-order valence-electron chi connectivity index (χ2n) is 2.02. The standard InChI is InChI=1S/C4H9NO4/c6-1-4(7)2-9-3-5(4)8/h6-8H,1-3H2/t4-/m1/s1. The summed E-state index contributed by atoms with van der Waals surface area (Å²) in [6.45, 7) is -0.638. The molecule has 0 radical (unpaired) electrons. The number of rotatable bonds is 1. The average Bonchev–Trinajstić information content (AvgIpc) is 2.15. The third-order valence-electron chi connectivity index (χ3n) is 1.28. The zero-order valence-corrected chi connectivity index (χ0v) is 4.82. The van der Waals surface area contributed by atoms with Crippen LogP contribution in [0.4, 0.5) is 0 Å². The Labute approximate surface area is 52.0 Å². The predicted octanol–water partition coefficient (Wildman–Crippen LogP) is -1.65. The molecule has 0 aromatic carbocycles. The second kappa shape index (κ2) is 2.20. The van der Waals surface area contributed by atoms with E-state index in [1.807, 2.05) is 0 Å². The van der Waals surface area contributed by atoms with Crippen LogP contribution in [0.1, 0.15) is 0 Å². The third kappa shape index (κ3) is 1.05. The SMILES string of the molecule is OC[C@@]1(O)COCN1O. The summed E-state index contributed by atoms with van der Waals surface area (Å²) in [7, 11) is 0. The molecule has 1 heterocycles. The lowest BCUT2D eigenvalue weighted by Gasteiger charge is -2.22. The molecule has 5 nitrogen and oxygen atoms in total. The zero-order valence-electron chi connectivity index (χ0n) is 4.82. The molecule has 1 atom stereocenters. The minimum absolute atomic E-state index is 0.0556. The summed E-state index contributed by atoms with van der Waals surface area (Å²) in [4.78, 5) is 0. The van der Waals surface area contributed by atoms with Crippen LogP contribution < -0.4 is 0 Å². The molecule has 0 bridgehead atoms. The van der Waals surface area contributed by atoms with E-state index in [4.69, 9.17) is 15.4 Å². The van der Waals surface area contributed by atoms with Crippen molar-refractivity contribution in [1.82, 2.24) is 5.06 Å². The smallest absolute Gasteiger partial charge is 0.189 e. The molecule has 0 unspecified atom stereocenters. The van der Waals surface area contributed by atoms with Crippen molar-refractivity contribution in [2.45, 2.75) is 5.72 Å². The van der Waals surface area contributed by atoms with Gasteiger partial charge >= 0.3 is 0 Å². The Morgan fingerprint density at radius 1 is 1.67 bits per heavy atom. The molecule has 0 saturated carbocycles. The fourth-order valence-corrected chi connectivity index (χ4v) is 0.617. The van der Waals surface area contributed by atoms with Gasteiger partial charge < -0.3 is 20.2 Å². The maximum atomic E-state index is 9.07. The number of aliphatic hydroxyl groups is 2. The van der Waals surface area contributed by atoms with Crippen molar-refractivity contribution in [2.24, 2.45) is 0 Å². The summed E-state index contributed by atoms with van der Waals surface area (Å²) in [5.41, 5.74) is -1.58. The lowest BCUT2D eigenvalue weighted by Crippen LogP contribution is -2.47. The van der Waals surface area contributed by atoms with Crippen LogP contribution in [0.2, 0.25) is 0 Å². The lowest BCUT2D eigenvalue weighted by molar-refractivity contribution is -0.247. The average molecular weight is 135 g/mol. The van der Waals surface area contributed by atoms with Crippen molar-refractivity contribution in [1.29, 1.82) is 0 Å². The lowest BCUT2D eigenvalue weighted by atomic mass is 10.3.